The first-order chi connectivity index (χ1) is 8.68. The summed E-state index contributed by atoms with van der Waals surface area (Å²) in [6, 6.07) is 17.5. The third-order valence-corrected chi connectivity index (χ3v) is 2.72. The average molecular weight is 241 g/mol. The summed E-state index contributed by atoms with van der Waals surface area (Å²) in [6.07, 6.45) is 0. The molecule has 0 saturated heterocycles. The lowest BCUT2D eigenvalue weighted by atomic mass is 10.0. The van der Waals surface area contributed by atoms with E-state index in [-0.39, 0.29) is 11.9 Å². The van der Waals surface area contributed by atoms with Crippen molar-refractivity contribution in [2.24, 2.45) is 0 Å². The summed E-state index contributed by atoms with van der Waals surface area (Å²) in [5.74, 6) is -0.0709. The summed E-state index contributed by atoms with van der Waals surface area (Å²) >= 11 is 0. The average Bonchev–Trinajstić information content (AvgIpc) is 2.40. The minimum atomic E-state index is -0.270. The van der Waals surface area contributed by atoms with Gasteiger partial charge in [-0.15, -0.1) is 0 Å². The molecule has 0 radical (unpaired) electrons. The Hall–Kier alpha value is -2.13. The predicted octanol–water partition coefficient (Wildman–Crippen LogP) is 1.92. The van der Waals surface area contributed by atoms with Crippen molar-refractivity contribution in [3.05, 3.63) is 54.6 Å². The summed E-state index contributed by atoms with van der Waals surface area (Å²) < 4.78 is 0. The van der Waals surface area contributed by atoms with E-state index in [1.54, 1.807) is 6.92 Å². The number of anilines is 1. The van der Waals surface area contributed by atoms with Crippen LogP contribution in [0.25, 0.3) is 11.1 Å². The van der Waals surface area contributed by atoms with Gasteiger partial charge in [-0.25, -0.2) is 0 Å². The van der Waals surface area contributed by atoms with E-state index in [9.17, 15) is 4.79 Å². The van der Waals surface area contributed by atoms with Crippen molar-refractivity contribution in [2.45, 2.75) is 13.0 Å². The van der Waals surface area contributed by atoms with E-state index in [1.165, 1.54) is 0 Å². The lowest BCUT2D eigenvalue weighted by Gasteiger charge is -2.11. The maximum Gasteiger partial charge on any atom is 0.282 e. The van der Waals surface area contributed by atoms with Gasteiger partial charge in [-0.3, -0.25) is 4.79 Å². The Morgan fingerprint density at radius 1 is 1.06 bits per heavy atom. The number of carbonyl (C=O) groups is 1. The lowest BCUT2D eigenvalue weighted by molar-refractivity contribution is -0.396. The lowest BCUT2D eigenvalue weighted by Crippen LogP contribution is -2.64. The van der Waals surface area contributed by atoms with Crippen LogP contribution in [0.15, 0.2) is 54.6 Å². The number of hydrogen-bond acceptors (Lipinski definition) is 1. The fourth-order valence-electron chi connectivity index (χ4n) is 1.72. The first-order valence-corrected chi connectivity index (χ1v) is 5.97. The van der Waals surface area contributed by atoms with Crippen molar-refractivity contribution in [3.8, 4) is 11.1 Å². The van der Waals surface area contributed by atoms with Gasteiger partial charge >= 0.3 is 0 Å². The fraction of sp³-hybridized carbons (Fsp3) is 0.133. The number of nitrogens with one attached hydrogen (secondary N) is 1. The molecule has 0 heterocycles. The van der Waals surface area contributed by atoms with Gasteiger partial charge in [0.05, 0.1) is 0 Å². The van der Waals surface area contributed by atoms with Gasteiger partial charge < -0.3 is 11.1 Å². The van der Waals surface area contributed by atoms with E-state index in [2.05, 4.69) is 11.1 Å². The van der Waals surface area contributed by atoms with Crippen LogP contribution < -0.4 is 11.1 Å². The second-order valence-electron chi connectivity index (χ2n) is 4.30. The van der Waals surface area contributed by atoms with Crippen LogP contribution in [0, 0.1) is 0 Å². The molecule has 0 spiro atoms. The highest BCUT2D eigenvalue weighted by molar-refractivity contribution is 5.97. The van der Waals surface area contributed by atoms with Crippen molar-refractivity contribution < 1.29 is 10.5 Å². The van der Waals surface area contributed by atoms with Crippen molar-refractivity contribution in [1.29, 1.82) is 0 Å². The summed E-state index contributed by atoms with van der Waals surface area (Å²) in [5.41, 5.74) is 6.66. The molecule has 0 bridgehead atoms. The normalized spacial score (nSPS) is 11.9. The van der Waals surface area contributed by atoms with E-state index < -0.39 is 0 Å². The van der Waals surface area contributed by atoms with Gasteiger partial charge in [0.1, 0.15) is 0 Å². The van der Waals surface area contributed by atoms with Crippen LogP contribution >= 0.6 is 0 Å². The molecule has 0 saturated carbocycles. The predicted molar refractivity (Wildman–Crippen MR) is 72.9 cm³/mol. The molecule has 3 heteroatoms. The molecule has 1 atom stereocenters. The molecule has 2 aromatic carbocycles. The van der Waals surface area contributed by atoms with Crippen LogP contribution in [-0.2, 0) is 4.79 Å². The van der Waals surface area contributed by atoms with Gasteiger partial charge in [0.15, 0.2) is 6.04 Å². The molecule has 0 fully saturated rings. The molecule has 0 aromatic heterocycles. The first-order valence-electron chi connectivity index (χ1n) is 5.97. The summed E-state index contributed by atoms with van der Waals surface area (Å²) in [4.78, 5) is 11.7. The van der Waals surface area contributed by atoms with Crippen molar-refractivity contribution in [1.82, 2.24) is 0 Å². The Labute approximate surface area is 107 Å². The zero-order valence-corrected chi connectivity index (χ0v) is 10.4. The smallest absolute Gasteiger partial charge is 0.282 e. The van der Waals surface area contributed by atoms with E-state index in [1.807, 2.05) is 54.6 Å². The van der Waals surface area contributed by atoms with Gasteiger partial charge in [0, 0.05) is 11.3 Å². The highest BCUT2D eigenvalue weighted by Crippen LogP contribution is 2.27. The van der Waals surface area contributed by atoms with Gasteiger partial charge in [-0.1, -0.05) is 48.5 Å². The van der Waals surface area contributed by atoms with Crippen molar-refractivity contribution in [2.75, 3.05) is 5.32 Å². The molecule has 1 amide bonds. The zero-order chi connectivity index (χ0) is 13.0. The van der Waals surface area contributed by atoms with Gasteiger partial charge in [0.25, 0.3) is 5.91 Å². The maximum atomic E-state index is 11.7. The van der Waals surface area contributed by atoms with E-state index in [0.717, 1.165) is 16.8 Å². The first kappa shape index (κ1) is 12.3. The third kappa shape index (κ3) is 2.76. The second-order valence-corrected chi connectivity index (χ2v) is 4.30. The van der Waals surface area contributed by atoms with E-state index in [4.69, 9.17) is 0 Å². The molecule has 0 aliphatic heterocycles. The van der Waals surface area contributed by atoms with Gasteiger partial charge in [-0.05, 0) is 18.6 Å². The number of rotatable bonds is 3. The van der Waals surface area contributed by atoms with Crippen LogP contribution in [-0.4, -0.2) is 11.9 Å². The minimum Gasteiger partial charge on any atom is -0.348 e. The Morgan fingerprint density at radius 3 is 2.33 bits per heavy atom. The van der Waals surface area contributed by atoms with Crippen LogP contribution in [0.4, 0.5) is 5.69 Å². The molecule has 2 rings (SSSR count). The number of para-hydroxylation sites is 1. The highest BCUT2D eigenvalue weighted by Gasteiger charge is 2.13. The second kappa shape index (κ2) is 5.47. The Balaban J connectivity index is 2.35. The van der Waals surface area contributed by atoms with Crippen LogP contribution in [0.2, 0.25) is 0 Å². The van der Waals surface area contributed by atoms with Crippen molar-refractivity contribution >= 4 is 11.6 Å². The molecule has 2 aromatic rings. The van der Waals surface area contributed by atoms with E-state index >= 15 is 0 Å². The molecular formula is C15H17N2O+. The van der Waals surface area contributed by atoms with Crippen LogP contribution in [0.5, 0.6) is 0 Å². The molecule has 92 valence electrons. The highest BCUT2D eigenvalue weighted by atomic mass is 16.2. The summed E-state index contributed by atoms with van der Waals surface area (Å²) in [5, 5.41) is 2.91. The zero-order valence-electron chi connectivity index (χ0n) is 10.4. The summed E-state index contributed by atoms with van der Waals surface area (Å²) in [7, 11) is 0. The number of amides is 1. The molecule has 3 nitrogen and oxygen atoms in total. The molecule has 0 aliphatic carbocycles. The minimum absolute atomic E-state index is 0.0709. The number of carbonyl (C=O) groups excluding carboxylic acids is 1. The van der Waals surface area contributed by atoms with Gasteiger partial charge in [-0.2, -0.15) is 0 Å². The SMILES string of the molecule is C[C@H]([NH3+])C(=O)Nc1ccccc1-c1ccccc1. The standard InChI is InChI=1S/C15H16N2O/c1-11(16)15(18)17-14-10-6-5-9-13(14)12-7-3-2-4-8-12/h2-11H,16H2,1H3,(H,17,18)/p+1/t11-/m0/s1. The molecule has 18 heavy (non-hydrogen) atoms. The summed E-state index contributed by atoms with van der Waals surface area (Å²) in [6.45, 7) is 1.78. The van der Waals surface area contributed by atoms with Crippen LogP contribution in [0.1, 0.15) is 6.92 Å². The Kier molecular flexibility index (Phi) is 3.75. The molecule has 4 N–H and O–H groups in total. The third-order valence-electron chi connectivity index (χ3n) is 2.72. The maximum absolute atomic E-state index is 11.7. The molecule has 0 aliphatic rings. The van der Waals surface area contributed by atoms with Crippen molar-refractivity contribution in [3.63, 3.8) is 0 Å². The number of benzene rings is 2. The van der Waals surface area contributed by atoms with E-state index in [0.29, 0.717) is 0 Å². The quantitative estimate of drug-likeness (QED) is 0.847. The fourth-order valence-corrected chi connectivity index (χ4v) is 1.72. The van der Waals surface area contributed by atoms with Crippen LogP contribution in [0.3, 0.4) is 0 Å². The van der Waals surface area contributed by atoms with Gasteiger partial charge in [0.2, 0.25) is 0 Å². The monoisotopic (exact) mass is 241 g/mol. The Bertz CT molecular complexity index is 535. The molecule has 0 unspecified atom stereocenters. The number of quaternary nitrogens is 1. The molecular weight excluding hydrogens is 224 g/mol. The number of hydrogen-bond donors (Lipinski definition) is 2. The Morgan fingerprint density at radius 2 is 1.67 bits per heavy atom. The largest absolute Gasteiger partial charge is 0.348 e. The topological polar surface area (TPSA) is 56.7 Å².